The van der Waals surface area contributed by atoms with Gasteiger partial charge in [0.15, 0.2) is 0 Å². The molecule has 2 aromatic carbocycles. The maximum Gasteiger partial charge on any atom is 0.407 e. The Morgan fingerprint density at radius 3 is 1.96 bits per heavy atom. The number of benzene rings is 2. The average Bonchev–Trinajstić information content (AvgIpc) is 2.58. The van der Waals surface area contributed by atoms with Gasteiger partial charge in [0.2, 0.25) is 0 Å². The molecule has 0 fully saturated rings. The fraction of sp³-hybridized carbons (Fsp3) is 0.350. The van der Waals surface area contributed by atoms with E-state index >= 15 is 0 Å². The molecule has 140 valence electrons. The molecule has 2 aromatic rings. The van der Waals surface area contributed by atoms with Gasteiger partial charge in [0.1, 0.15) is 12.1 Å². The van der Waals surface area contributed by atoms with Crippen LogP contribution in [0, 0.1) is 6.92 Å². The summed E-state index contributed by atoms with van der Waals surface area (Å²) in [4.78, 5) is 11.2. The van der Waals surface area contributed by atoms with Crippen molar-refractivity contribution in [1.29, 1.82) is 0 Å². The molecule has 0 aliphatic rings. The van der Waals surface area contributed by atoms with E-state index in [1.807, 2.05) is 31.2 Å². The van der Waals surface area contributed by atoms with Gasteiger partial charge in [0, 0.05) is 0 Å². The molecule has 2 N–H and O–H groups in total. The first-order chi connectivity index (χ1) is 12.2. The molecular formula is C20H22F3NO2. The van der Waals surface area contributed by atoms with E-state index in [4.69, 9.17) is 5.11 Å². The number of aliphatic carboxylic acids is 1. The zero-order chi connectivity index (χ0) is 19.3. The summed E-state index contributed by atoms with van der Waals surface area (Å²) in [6.45, 7) is 3.69. The minimum atomic E-state index is -4.59. The molecular weight excluding hydrogens is 343 g/mol. The number of aryl methyl sites for hydroxylation is 1. The van der Waals surface area contributed by atoms with E-state index < -0.39 is 24.2 Å². The SMILES string of the molecule is CCC[C@H](N[C@@H](c1ccc(-c2ccc(C)cc2)cc1)C(F)(F)F)C(=O)O. The van der Waals surface area contributed by atoms with Crippen molar-refractivity contribution in [3.8, 4) is 11.1 Å². The summed E-state index contributed by atoms with van der Waals surface area (Å²) in [5, 5.41) is 11.4. The van der Waals surface area contributed by atoms with Crippen LogP contribution in [-0.2, 0) is 4.79 Å². The van der Waals surface area contributed by atoms with Crippen molar-refractivity contribution in [3.63, 3.8) is 0 Å². The highest BCUT2D eigenvalue weighted by atomic mass is 19.4. The van der Waals surface area contributed by atoms with Crippen LogP contribution in [0.25, 0.3) is 11.1 Å². The topological polar surface area (TPSA) is 49.3 Å². The Morgan fingerprint density at radius 2 is 1.54 bits per heavy atom. The smallest absolute Gasteiger partial charge is 0.407 e. The van der Waals surface area contributed by atoms with E-state index in [1.54, 1.807) is 19.1 Å². The molecule has 0 heterocycles. The Labute approximate surface area is 150 Å². The molecule has 2 rings (SSSR count). The van der Waals surface area contributed by atoms with Crippen LogP contribution in [0.1, 0.15) is 36.9 Å². The number of alkyl halides is 3. The summed E-state index contributed by atoms with van der Waals surface area (Å²) in [6, 6.07) is 10.4. The first kappa shape index (κ1) is 20.0. The van der Waals surface area contributed by atoms with Gasteiger partial charge < -0.3 is 5.11 Å². The Morgan fingerprint density at radius 1 is 1.04 bits per heavy atom. The number of nitrogens with one attached hydrogen (secondary N) is 1. The van der Waals surface area contributed by atoms with Gasteiger partial charge in [0.05, 0.1) is 0 Å². The minimum Gasteiger partial charge on any atom is -0.480 e. The highest BCUT2D eigenvalue weighted by Crippen LogP contribution is 2.34. The zero-order valence-electron chi connectivity index (χ0n) is 14.7. The van der Waals surface area contributed by atoms with Gasteiger partial charge in [-0.2, -0.15) is 13.2 Å². The van der Waals surface area contributed by atoms with Crippen LogP contribution in [0.15, 0.2) is 48.5 Å². The van der Waals surface area contributed by atoms with E-state index in [0.29, 0.717) is 6.42 Å². The second-order valence-electron chi connectivity index (χ2n) is 6.31. The lowest BCUT2D eigenvalue weighted by atomic mass is 9.99. The first-order valence-corrected chi connectivity index (χ1v) is 8.45. The molecule has 0 unspecified atom stereocenters. The van der Waals surface area contributed by atoms with Crippen molar-refractivity contribution in [2.75, 3.05) is 0 Å². The van der Waals surface area contributed by atoms with Crippen molar-refractivity contribution in [1.82, 2.24) is 5.32 Å². The molecule has 6 heteroatoms. The maximum atomic E-state index is 13.5. The number of hydrogen-bond donors (Lipinski definition) is 2. The summed E-state index contributed by atoms with van der Waals surface area (Å²) in [6.07, 6.45) is -3.99. The molecule has 2 atom stereocenters. The molecule has 0 aromatic heterocycles. The summed E-state index contributed by atoms with van der Waals surface area (Å²) < 4.78 is 40.4. The summed E-state index contributed by atoms with van der Waals surface area (Å²) >= 11 is 0. The molecule has 0 saturated heterocycles. The quantitative estimate of drug-likeness (QED) is 0.717. The minimum absolute atomic E-state index is 0.00397. The third-order valence-electron chi connectivity index (χ3n) is 4.20. The molecule has 0 radical (unpaired) electrons. The standard InChI is InChI=1S/C20H22F3NO2/c1-3-4-17(19(25)26)24-18(20(21,22)23)16-11-9-15(10-12-16)14-7-5-13(2)6-8-14/h5-12,17-18,24H,3-4H2,1-2H3,(H,25,26)/t17-,18-/m0/s1. The predicted octanol–water partition coefficient (Wildman–Crippen LogP) is 5.11. The van der Waals surface area contributed by atoms with Crippen LogP contribution >= 0.6 is 0 Å². The average molecular weight is 365 g/mol. The molecule has 0 amide bonds. The molecule has 3 nitrogen and oxygen atoms in total. The molecule has 26 heavy (non-hydrogen) atoms. The van der Waals surface area contributed by atoms with Gasteiger partial charge in [-0.05, 0) is 30.0 Å². The highest BCUT2D eigenvalue weighted by Gasteiger charge is 2.42. The Kier molecular flexibility index (Phi) is 6.42. The van der Waals surface area contributed by atoms with Crippen molar-refractivity contribution in [2.24, 2.45) is 0 Å². The number of halogens is 3. The number of carboxylic acid groups (broad SMARTS) is 1. The lowest BCUT2D eigenvalue weighted by Crippen LogP contribution is -2.44. The molecule has 0 aliphatic carbocycles. The van der Waals surface area contributed by atoms with Crippen LogP contribution in [0.5, 0.6) is 0 Å². The Bertz CT molecular complexity index is 724. The first-order valence-electron chi connectivity index (χ1n) is 8.45. The third kappa shape index (κ3) is 5.08. The van der Waals surface area contributed by atoms with Crippen molar-refractivity contribution in [3.05, 3.63) is 59.7 Å². The van der Waals surface area contributed by atoms with E-state index in [9.17, 15) is 18.0 Å². The van der Waals surface area contributed by atoms with E-state index in [0.717, 1.165) is 16.7 Å². The lowest BCUT2D eigenvalue weighted by Gasteiger charge is -2.26. The Balaban J connectivity index is 2.28. The zero-order valence-corrected chi connectivity index (χ0v) is 14.7. The van der Waals surface area contributed by atoms with Gasteiger partial charge in [0.25, 0.3) is 0 Å². The van der Waals surface area contributed by atoms with Gasteiger partial charge >= 0.3 is 12.1 Å². The maximum absolute atomic E-state index is 13.5. The fourth-order valence-electron chi connectivity index (χ4n) is 2.76. The normalized spacial score (nSPS) is 14.0. The molecule has 0 bridgehead atoms. The van der Waals surface area contributed by atoms with Crippen molar-refractivity contribution < 1.29 is 23.1 Å². The fourth-order valence-corrected chi connectivity index (χ4v) is 2.76. The lowest BCUT2D eigenvalue weighted by molar-refractivity contribution is -0.163. The number of hydrogen-bond acceptors (Lipinski definition) is 2. The Hall–Kier alpha value is -2.34. The predicted molar refractivity (Wildman–Crippen MR) is 94.9 cm³/mol. The number of carboxylic acids is 1. The monoisotopic (exact) mass is 365 g/mol. The van der Waals surface area contributed by atoms with Gasteiger partial charge in [-0.1, -0.05) is 67.4 Å². The van der Waals surface area contributed by atoms with Crippen molar-refractivity contribution >= 4 is 5.97 Å². The number of rotatable bonds is 7. The van der Waals surface area contributed by atoms with Crippen LogP contribution in [-0.4, -0.2) is 23.3 Å². The largest absolute Gasteiger partial charge is 0.480 e. The van der Waals surface area contributed by atoms with Gasteiger partial charge in [-0.25, -0.2) is 0 Å². The van der Waals surface area contributed by atoms with Crippen LogP contribution in [0.2, 0.25) is 0 Å². The van der Waals surface area contributed by atoms with E-state index in [1.165, 1.54) is 12.1 Å². The van der Waals surface area contributed by atoms with E-state index in [2.05, 4.69) is 5.32 Å². The van der Waals surface area contributed by atoms with E-state index in [-0.39, 0.29) is 12.0 Å². The summed E-state index contributed by atoms with van der Waals surface area (Å²) in [5.74, 6) is -1.28. The summed E-state index contributed by atoms with van der Waals surface area (Å²) in [5.41, 5.74) is 2.81. The molecule has 0 spiro atoms. The van der Waals surface area contributed by atoms with Crippen LogP contribution in [0.3, 0.4) is 0 Å². The third-order valence-corrected chi connectivity index (χ3v) is 4.20. The van der Waals surface area contributed by atoms with Gasteiger partial charge in [-0.15, -0.1) is 0 Å². The van der Waals surface area contributed by atoms with Crippen LogP contribution in [0.4, 0.5) is 13.2 Å². The number of carbonyl (C=O) groups is 1. The second kappa shape index (κ2) is 8.36. The molecule has 0 saturated carbocycles. The summed E-state index contributed by atoms with van der Waals surface area (Å²) in [7, 11) is 0. The van der Waals surface area contributed by atoms with Gasteiger partial charge in [-0.3, -0.25) is 10.1 Å². The van der Waals surface area contributed by atoms with Crippen LogP contribution < -0.4 is 5.32 Å². The second-order valence-corrected chi connectivity index (χ2v) is 6.31. The highest BCUT2D eigenvalue weighted by molar-refractivity contribution is 5.73. The van der Waals surface area contributed by atoms with Crippen molar-refractivity contribution in [2.45, 2.75) is 44.9 Å². The molecule has 0 aliphatic heterocycles.